The third-order valence-corrected chi connectivity index (χ3v) is 5.65. The lowest BCUT2D eigenvalue weighted by atomic mass is 9.97. The van der Waals surface area contributed by atoms with Crippen LogP contribution in [0.5, 0.6) is 5.75 Å². The van der Waals surface area contributed by atoms with Gasteiger partial charge in [0, 0.05) is 6.42 Å². The monoisotopic (exact) mass is 391 g/mol. The van der Waals surface area contributed by atoms with Crippen molar-refractivity contribution >= 4 is 5.91 Å². The normalized spacial score (nSPS) is 19.0. The number of carbonyl (C=O) groups is 1. The van der Waals surface area contributed by atoms with Crippen LogP contribution >= 0.6 is 0 Å². The maximum Gasteiger partial charge on any atom is 0.223 e. The van der Waals surface area contributed by atoms with Crippen molar-refractivity contribution < 1.29 is 9.53 Å². The minimum Gasteiger partial charge on any atom is -0.492 e. The fraction of sp³-hybridized carbons (Fsp3) is 0.364. The van der Waals surface area contributed by atoms with Gasteiger partial charge in [-0.1, -0.05) is 36.4 Å². The lowest BCUT2D eigenvalue weighted by Crippen LogP contribution is -2.45. The maximum atomic E-state index is 12.7. The SMILES string of the molecule is Cc1cccc(C)c1-n1nnnc1C1(C)CCC(=O)N1CCOc1ccccc1. The topological polar surface area (TPSA) is 73.1 Å². The first-order valence-electron chi connectivity index (χ1n) is 9.84. The Balaban J connectivity index is 1.62. The summed E-state index contributed by atoms with van der Waals surface area (Å²) in [5.74, 6) is 1.57. The molecule has 4 rings (SSSR count). The Morgan fingerprint density at radius 1 is 1.07 bits per heavy atom. The van der Waals surface area contributed by atoms with Crippen LogP contribution in [0.3, 0.4) is 0 Å². The van der Waals surface area contributed by atoms with E-state index in [0.717, 1.165) is 22.6 Å². The smallest absolute Gasteiger partial charge is 0.223 e. The van der Waals surface area contributed by atoms with Crippen molar-refractivity contribution in [2.24, 2.45) is 0 Å². The molecule has 0 saturated carbocycles. The molecule has 150 valence electrons. The van der Waals surface area contributed by atoms with Crippen molar-refractivity contribution in [3.8, 4) is 11.4 Å². The van der Waals surface area contributed by atoms with Gasteiger partial charge in [0.15, 0.2) is 5.82 Å². The van der Waals surface area contributed by atoms with Crippen LogP contribution in [-0.2, 0) is 10.3 Å². The van der Waals surface area contributed by atoms with Gasteiger partial charge in [0.25, 0.3) is 0 Å². The number of para-hydroxylation sites is 2. The summed E-state index contributed by atoms with van der Waals surface area (Å²) < 4.78 is 7.61. The Labute approximate surface area is 170 Å². The number of likely N-dealkylation sites (tertiary alicyclic amines) is 1. The number of tetrazole rings is 1. The van der Waals surface area contributed by atoms with E-state index in [1.165, 1.54) is 0 Å². The number of aromatic nitrogens is 4. The van der Waals surface area contributed by atoms with Crippen molar-refractivity contribution in [3.05, 3.63) is 65.5 Å². The van der Waals surface area contributed by atoms with E-state index in [9.17, 15) is 4.79 Å². The number of ether oxygens (including phenoxy) is 1. The van der Waals surface area contributed by atoms with Gasteiger partial charge >= 0.3 is 0 Å². The molecule has 7 heteroatoms. The molecule has 0 spiro atoms. The first-order valence-corrected chi connectivity index (χ1v) is 9.84. The summed E-state index contributed by atoms with van der Waals surface area (Å²) in [4.78, 5) is 14.6. The number of aryl methyl sites for hydroxylation is 2. The first kappa shape index (κ1) is 19.1. The second kappa shape index (κ2) is 7.66. The van der Waals surface area contributed by atoms with Gasteiger partial charge in [0.2, 0.25) is 5.91 Å². The van der Waals surface area contributed by atoms with E-state index in [2.05, 4.69) is 15.5 Å². The highest BCUT2D eigenvalue weighted by Gasteiger charge is 2.46. The highest BCUT2D eigenvalue weighted by atomic mass is 16.5. The van der Waals surface area contributed by atoms with Crippen molar-refractivity contribution in [1.29, 1.82) is 0 Å². The van der Waals surface area contributed by atoms with Crippen LogP contribution < -0.4 is 4.74 Å². The summed E-state index contributed by atoms with van der Waals surface area (Å²) in [7, 11) is 0. The van der Waals surface area contributed by atoms with Gasteiger partial charge in [-0.2, -0.15) is 4.68 Å². The largest absolute Gasteiger partial charge is 0.492 e. The molecule has 1 aliphatic heterocycles. The predicted molar refractivity (Wildman–Crippen MR) is 109 cm³/mol. The summed E-state index contributed by atoms with van der Waals surface area (Å²) in [5.41, 5.74) is 2.56. The molecule has 7 nitrogen and oxygen atoms in total. The van der Waals surface area contributed by atoms with E-state index in [4.69, 9.17) is 4.74 Å². The average molecular weight is 391 g/mol. The molecule has 2 heterocycles. The average Bonchev–Trinajstić information content (AvgIpc) is 3.30. The van der Waals surface area contributed by atoms with Crippen LogP contribution in [0.15, 0.2) is 48.5 Å². The van der Waals surface area contributed by atoms with Gasteiger partial charge in [0.1, 0.15) is 17.9 Å². The van der Waals surface area contributed by atoms with E-state index in [1.54, 1.807) is 4.68 Å². The number of benzene rings is 2. The zero-order valence-corrected chi connectivity index (χ0v) is 17.0. The standard InChI is InChI=1S/C22H25N5O2/c1-16-8-7-9-17(2)20(16)27-21(23-24-25-27)22(3)13-12-19(28)26(22)14-15-29-18-10-5-4-6-11-18/h4-11H,12-15H2,1-3H3. The van der Waals surface area contributed by atoms with Crippen LogP contribution in [-0.4, -0.2) is 44.2 Å². The third-order valence-electron chi connectivity index (χ3n) is 5.65. The fourth-order valence-corrected chi connectivity index (χ4v) is 4.08. The van der Waals surface area contributed by atoms with E-state index < -0.39 is 5.54 Å². The molecule has 1 atom stereocenters. The van der Waals surface area contributed by atoms with Crippen LogP contribution in [0.2, 0.25) is 0 Å². The van der Waals surface area contributed by atoms with Gasteiger partial charge in [-0.25, -0.2) is 0 Å². The van der Waals surface area contributed by atoms with Crippen molar-refractivity contribution in [2.75, 3.05) is 13.2 Å². The molecule has 0 radical (unpaired) electrons. The number of amides is 1. The summed E-state index contributed by atoms with van der Waals surface area (Å²) in [6.45, 7) is 7.01. The van der Waals surface area contributed by atoms with Crippen LogP contribution in [0, 0.1) is 13.8 Å². The van der Waals surface area contributed by atoms with Gasteiger partial charge in [-0.15, -0.1) is 5.10 Å². The minimum atomic E-state index is -0.588. The molecule has 1 fully saturated rings. The second-order valence-corrected chi connectivity index (χ2v) is 7.64. The summed E-state index contributed by atoms with van der Waals surface area (Å²) in [6, 6.07) is 15.7. The quantitative estimate of drug-likeness (QED) is 0.645. The summed E-state index contributed by atoms with van der Waals surface area (Å²) in [5, 5.41) is 12.6. The molecule has 1 saturated heterocycles. The molecular weight excluding hydrogens is 366 g/mol. The van der Waals surface area contributed by atoms with E-state index in [1.807, 2.05) is 74.2 Å². The number of hydrogen-bond donors (Lipinski definition) is 0. The second-order valence-electron chi connectivity index (χ2n) is 7.64. The van der Waals surface area contributed by atoms with Gasteiger partial charge in [-0.3, -0.25) is 4.79 Å². The first-order chi connectivity index (χ1) is 14.0. The Hall–Kier alpha value is -3.22. The fourth-order valence-electron chi connectivity index (χ4n) is 4.08. The lowest BCUT2D eigenvalue weighted by Gasteiger charge is -2.34. The van der Waals surface area contributed by atoms with Crippen molar-refractivity contribution in [1.82, 2.24) is 25.1 Å². The number of hydrogen-bond acceptors (Lipinski definition) is 5. The Bertz CT molecular complexity index is 997. The molecular formula is C22H25N5O2. The third kappa shape index (κ3) is 3.48. The molecule has 0 bridgehead atoms. The molecule has 0 N–H and O–H groups in total. The predicted octanol–water partition coefficient (Wildman–Crippen LogP) is 3.20. The maximum absolute atomic E-state index is 12.7. The van der Waals surface area contributed by atoms with Crippen molar-refractivity contribution in [3.63, 3.8) is 0 Å². The van der Waals surface area contributed by atoms with Crippen LogP contribution in [0.4, 0.5) is 0 Å². The molecule has 2 aromatic carbocycles. The van der Waals surface area contributed by atoms with Gasteiger partial charge in [0.05, 0.1) is 12.2 Å². The van der Waals surface area contributed by atoms with Gasteiger partial charge in [-0.05, 0) is 60.9 Å². The van der Waals surface area contributed by atoms with Crippen molar-refractivity contribution in [2.45, 2.75) is 39.2 Å². The summed E-state index contributed by atoms with van der Waals surface area (Å²) >= 11 is 0. The molecule has 3 aromatic rings. The summed E-state index contributed by atoms with van der Waals surface area (Å²) in [6.07, 6.45) is 1.14. The highest BCUT2D eigenvalue weighted by molar-refractivity contribution is 5.79. The number of rotatable bonds is 6. The van der Waals surface area contributed by atoms with Crippen LogP contribution in [0.1, 0.15) is 36.7 Å². The van der Waals surface area contributed by atoms with E-state index in [0.29, 0.717) is 31.8 Å². The molecule has 1 aromatic heterocycles. The molecule has 0 aliphatic carbocycles. The molecule has 29 heavy (non-hydrogen) atoms. The number of carbonyl (C=O) groups excluding carboxylic acids is 1. The minimum absolute atomic E-state index is 0.0974. The lowest BCUT2D eigenvalue weighted by molar-refractivity contribution is -0.131. The van der Waals surface area contributed by atoms with E-state index in [-0.39, 0.29) is 5.91 Å². The highest BCUT2D eigenvalue weighted by Crippen LogP contribution is 2.39. The van der Waals surface area contributed by atoms with E-state index >= 15 is 0 Å². The molecule has 1 amide bonds. The molecule has 1 unspecified atom stereocenters. The Morgan fingerprint density at radius 2 is 1.79 bits per heavy atom. The Morgan fingerprint density at radius 3 is 2.52 bits per heavy atom. The van der Waals surface area contributed by atoms with Crippen LogP contribution in [0.25, 0.3) is 5.69 Å². The van der Waals surface area contributed by atoms with Gasteiger partial charge < -0.3 is 9.64 Å². The Kier molecular flexibility index (Phi) is 5.05. The number of nitrogens with zero attached hydrogens (tertiary/aromatic N) is 5. The zero-order chi connectivity index (χ0) is 20.4. The molecule has 1 aliphatic rings. The zero-order valence-electron chi connectivity index (χ0n) is 17.0.